The number of nitro groups is 1. The molecule has 0 spiro atoms. The van der Waals surface area contributed by atoms with Crippen LogP contribution in [0.5, 0.6) is 0 Å². The van der Waals surface area contributed by atoms with Crippen LogP contribution in [0.1, 0.15) is 5.69 Å². The van der Waals surface area contributed by atoms with Crippen LogP contribution >= 0.6 is 15.9 Å². The second kappa shape index (κ2) is 5.13. The van der Waals surface area contributed by atoms with E-state index in [0.717, 1.165) is 0 Å². The van der Waals surface area contributed by atoms with E-state index in [0.29, 0.717) is 23.1 Å². The molecule has 0 bridgehead atoms. The van der Waals surface area contributed by atoms with Crippen LogP contribution in [0.3, 0.4) is 0 Å². The quantitative estimate of drug-likeness (QED) is 0.393. The lowest BCUT2D eigenvalue weighted by Crippen LogP contribution is -2.07. The van der Waals surface area contributed by atoms with Crippen molar-refractivity contribution in [1.82, 2.24) is 10.2 Å². The smallest absolute Gasteiger partial charge is 0.294 e. The Morgan fingerprint density at radius 1 is 1.61 bits per heavy atom. The van der Waals surface area contributed by atoms with Crippen LogP contribution in [0.25, 0.3) is 10.9 Å². The summed E-state index contributed by atoms with van der Waals surface area (Å²) < 4.78 is 4.68. The summed E-state index contributed by atoms with van der Waals surface area (Å²) >= 11 is 3.14. The van der Waals surface area contributed by atoms with Crippen LogP contribution in [0, 0.1) is 10.1 Å². The van der Waals surface area contributed by atoms with Crippen molar-refractivity contribution in [3.05, 3.63) is 34.0 Å². The highest BCUT2D eigenvalue weighted by Crippen LogP contribution is 2.28. The van der Waals surface area contributed by atoms with E-state index >= 15 is 0 Å². The van der Waals surface area contributed by atoms with E-state index < -0.39 is 9.94 Å². The maximum Gasteiger partial charge on any atom is 0.294 e. The molecule has 1 atom stereocenters. The number of benzene rings is 1. The molecule has 94 valence electrons. The molecule has 1 aromatic heterocycles. The lowest BCUT2D eigenvalue weighted by Gasteiger charge is -2.05. The van der Waals surface area contributed by atoms with Gasteiger partial charge in [-0.15, -0.1) is 0 Å². The molecular formula is C10H8BrN3O4. The maximum atomic E-state index is 10.9. The van der Waals surface area contributed by atoms with Crippen molar-refractivity contribution >= 4 is 39.0 Å². The van der Waals surface area contributed by atoms with Crippen LogP contribution in [-0.4, -0.2) is 26.6 Å². The van der Waals surface area contributed by atoms with Gasteiger partial charge in [0.15, 0.2) is 5.01 Å². The number of carbonyl (C=O) groups excluding carboxylic acids is 1. The molecule has 7 nitrogen and oxygen atoms in total. The number of non-ortho nitro benzene ring substituents is 1. The minimum atomic E-state index is -0.557. The van der Waals surface area contributed by atoms with E-state index in [1.165, 1.54) is 6.07 Å². The molecule has 0 aliphatic carbocycles. The van der Waals surface area contributed by atoms with Crippen LogP contribution in [0.4, 0.5) is 5.69 Å². The summed E-state index contributed by atoms with van der Waals surface area (Å²) in [5.74, 6) is 0. The van der Waals surface area contributed by atoms with E-state index in [1.54, 1.807) is 12.1 Å². The van der Waals surface area contributed by atoms with Crippen LogP contribution < -0.4 is 0 Å². The number of ether oxygens (including phenoxy) is 1. The summed E-state index contributed by atoms with van der Waals surface area (Å²) in [6.07, 6.45) is 0.264. The van der Waals surface area contributed by atoms with Crippen molar-refractivity contribution in [1.29, 1.82) is 0 Å². The number of halogens is 1. The fraction of sp³-hybridized carbons (Fsp3) is 0.200. The highest BCUT2D eigenvalue weighted by molar-refractivity contribution is 9.09. The molecule has 0 saturated heterocycles. The number of nitro benzene ring substituents is 1. The predicted molar refractivity (Wildman–Crippen MR) is 66.3 cm³/mol. The second-order valence-corrected chi connectivity index (χ2v) is 4.50. The van der Waals surface area contributed by atoms with Gasteiger partial charge in [0, 0.05) is 12.5 Å². The molecule has 2 rings (SSSR count). The molecular weight excluding hydrogens is 306 g/mol. The molecule has 0 radical (unpaired) electrons. The Hall–Kier alpha value is -1.96. The molecule has 0 aliphatic rings. The lowest BCUT2D eigenvalue weighted by atomic mass is 10.1. The van der Waals surface area contributed by atoms with Crippen LogP contribution in [-0.2, 0) is 16.0 Å². The predicted octanol–water partition coefficient (Wildman–Crippen LogP) is 1.91. The van der Waals surface area contributed by atoms with Crippen LogP contribution in [0.2, 0.25) is 0 Å². The fourth-order valence-corrected chi connectivity index (χ4v) is 2.09. The minimum Gasteiger partial charge on any atom is -0.453 e. The normalized spacial score (nSPS) is 12.3. The number of nitrogens with zero attached hydrogens (tertiary/aromatic N) is 2. The zero-order chi connectivity index (χ0) is 13.1. The molecule has 2 aromatic rings. The monoisotopic (exact) mass is 313 g/mol. The molecule has 18 heavy (non-hydrogen) atoms. The molecule has 1 unspecified atom stereocenters. The van der Waals surface area contributed by atoms with Gasteiger partial charge in [0.05, 0.1) is 16.1 Å². The largest absolute Gasteiger partial charge is 0.453 e. The number of aromatic amines is 1. The van der Waals surface area contributed by atoms with E-state index in [1.807, 2.05) is 0 Å². The Labute approximate surface area is 109 Å². The first kappa shape index (κ1) is 12.5. The average Bonchev–Trinajstić information content (AvgIpc) is 2.72. The maximum absolute atomic E-state index is 10.9. The standard InChI is InChI=1S/C10H8BrN3O4/c11-9(18-5-15)4-7-10-6(12-13-7)2-1-3-8(10)14(16)17/h1-3,5,9H,4H2,(H,12,13). The number of hydrogen-bond donors (Lipinski definition) is 1. The summed E-state index contributed by atoms with van der Waals surface area (Å²) in [5, 5.41) is 17.5. The van der Waals surface area contributed by atoms with Crippen LogP contribution in [0.15, 0.2) is 18.2 Å². The summed E-state index contributed by atoms with van der Waals surface area (Å²) in [6.45, 7) is 0.312. The van der Waals surface area contributed by atoms with Gasteiger partial charge in [-0.2, -0.15) is 5.10 Å². The Bertz CT molecular complexity index is 598. The molecule has 1 heterocycles. The van der Waals surface area contributed by atoms with Crippen molar-refractivity contribution in [3.63, 3.8) is 0 Å². The highest BCUT2D eigenvalue weighted by Gasteiger charge is 2.19. The third kappa shape index (κ3) is 2.33. The first-order valence-corrected chi connectivity index (χ1v) is 5.88. The second-order valence-electron chi connectivity index (χ2n) is 3.48. The summed E-state index contributed by atoms with van der Waals surface area (Å²) in [5.41, 5.74) is 1.02. The van der Waals surface area contributed by atoms with Gasteiger partial charge in [0.2, 0.25) is 0 Å². The third-order valence-corrected chi connectivity index (χ3v) is 2.94. The number of H-pyrrole nitrogens is 1. The summed E-state index contributed by atoms with van der Waals surface area (Å²) in [4.78, 5) is 20.7. The van der Waals surface area contributed by atoms with Crippen molar-refractivity contribution < 1.29 is 14.5 Å². The van der Waals surface area contributed by atoms with Crippen molar-refractivity contribution in [2.75, 3.05) is 0 Å². The van der Waals surface area contributed by atoms with Gasteiger partial charge in [-0.25, -0.2) is 0 Å². The van der Waals surface area contributed by atoms with Crippen molar-refractivity contribution in [2.24, 2.45) is 0 Å². The van der Waals surface area contributed by atoms with Gasteiger partial charge in [-0.05, 0) is 22.0 Å². The molecule has 1 aromatic carbocycles. The van der Waals surface area contributed by atoms with E-state index in [9.17, 15) is 14.9 Å². The number of rotatable bonds is 5. The Kier molecular flexibility index (Phi) is 3.56. The van der Waals surface area contributed by atoms with Gasteiger partial charge in [-0.3, -0.25) is 20.0 Å². The zero-order valence-electron chi connectivity index (χ0n) is 9.00. The third-order valence-electron chi connectivity index (χ3n) is 2.40. The van der Waals surface area contributed by atoms with Gasteiger partial charge in [-0.1, -0.05) is 6.07 Å². The lowest BCUT2D eigenvalue weighted by molar-refractivity contribution is -0.383. The fourth-order valence-electron chi connectivity index (χ4n) is 1.68. The number of fused-ring (bicyclic) bond motifs is 1. The Balaban J connectivity index is 2.45. The summed E-state index contributed by atoms with van der Waals surface area (Å²) in [6, 6.07) is 4.65. The SMILES string of the molecule is O=COC(Br)Cc1[nH]nc2cccc([N+](=O)[O-])c12. The van der Waals surface area contributed by atoms with E-state index in [2.05, 4.69) is 30.9 Å². The molecule has 0 saturated carbocycles. The van der Waals surface area contributed by atoms with Crippen molar-refractivity contribution in [3.8, 4) is 0 Å². The van der Waals surface area contributed by atoms with Gasteiger partial charge >= 0.3 is 0 Å². The average molecular weight is 314 g/mol. The van der Waals surface area contributed by atoms with Gasteiger partial charge in [0.25, 0.3) is 12.2 Å². The number of carbonyl (C=O) groups is 1. The number of aromatic nitrogens is 2. The Morgan fingerprint density at radius 3 is 3.06 bits per heavy atom. The topological polar surface area (TPSA) is 98.1 Å². The molecule has 0 fully saturated rings. The van der Waals surface area contributed by atoms with Gasteiger partial charge in [0.1, 0.15) is 5.39 Å². The van der Waals surface area contributed by atoms with Crippen molar-refractivity contribution in [2.45, 2.75) is 11.4 Å². The zero-order valence-corrected chi connectivity index (χ0v) is 10.6. The van der Waals surface area contributed by atoms with E-state index in [-0.39, 0.29) is 12.1 Å². The molecule has 1 N–H and O–H groups in total. The first-order valence-electron chi connectivity index (χ1n) is 4.97. The number of alkyl halides is 1. The molecule has 8 heteroatoms. The first-order chi connectivity index (χ1) is 8.63. The Morgan fingerprint density at radius 2 is 2.39 bits per heavy atom. The summed E-state index contributed by atoms with van der Waals surface area (Å²) in [7, 11) is 0. The molecule has 0 amide bonds. The van der Waals surface area contributed by atoms with Gasteiger partial charge < -0.3 is 4.74 Å². The molecule has 0 aliphatic heterocycles. The van der Waals surface area contributed by atoms with E-state index in [4.69, 9.17) is 0 Å². The number of hydrogen-bond acceptors (Lipinski definition) is 5. The minimum absolute atomic E-state index is 0.0259. The number of nitrogens with one attached hydrogen (secondary N) is 1. The highest BCUT2D eigenvalue weighted by atomic mass is 79.9.